The molecule has 1 aromatic carbocycles. The van der Waals surface area contributed by atoms with Crippen LogP contribution in [0, 0.1) is 5.82 Å². The van der Waals surface area contributed by atoms with Gasteiger partial charge in [-0.1, -0.05) is 18.2 Å². The summed E-state index contributed by atoms with van der Waals surface area (Å²) >= 11 is 5.18. The van der Waals surface area contributed by atoms with Gasteiger partial charge in [0.05, 0.1) is 19.4 Å². The molecule has 0 aliphatic carbocycles. The van der Waals surface area contributed by atoms with E-state index in [-0.39, 0.29) is 11.2 Å². The molecule has 5 atom stereocenters. The van der Waals surface area contributed by atoms with E-state index in [1.807, 2.05) is 0 Å². The number of fused-ring (bicyclic) bond motifs is 1. The first-order valence-corrected chi connectivity index (χ1v) is 11.6. The highest BCUT2D eigenvalue weighted by Gasteiger charge is 2.62. The third kappa shape index (κ3) is 3.91. The van der Waals surface area contributed by atoms with Gasteiger partial charge in [0.1, 0.15) is 11.9 Å². The smallest absolute Gasteiger partial charge is 0.381 e. The number of halogens is 4. The molecule has 2 aliphatic heterocycles. The maximum absolute atomic E-state index is 14.8. The molecule has 1 saturated heterocycles. The Bertz CT molecular complexity index is 1140. The number of aliphatic hydroxyl groups is 1. The number of alkyl halides is 3. The van der Waals surface area contributed by atoms with E-state index in [1.165, 1.54) is 0 Å². The highest BCUT2D eigenvalue weighted by atomic mass is 32.5. The zero-order chi connectivity index (χ0) is 23.3. The molecular weight excluding hydrogens is 481 g/mol. The minimum Gasteiger partial charge on any atom is -0.424 e. The molecule has 174 valence electrons. The van der Waals surface area contributed by atoms with Crippen molar-refractivity contribution in [2.45, 2.75) is 37.1 Å². The van der Waals surface area contributed by atoms with Crippen molar-refractivity contribution in [2.75, 3.05) is 12.3 Å². The number of aromatic nitrogens is 2. The first kappa shape index (κ1) is 23.1. The molecule has 0 amide bonds. The van der Waals surface area contributed by atoms with Crippen LogP contribution in [0.5, 0.6) is 5.75 Å². The fourth-order valence-electron chi connectivity index (χ4n) is 3.25. The molecule has 0 saturated carbocycles. The lowest BCUT2D eigenvalue weighted by Gasteiger charge is -2.34. The lowest BCUT2D eigenvalue weighted by molar-refractivity contribution is -0.193. The SMILES string of the molecule is Nc1nc(=O)n([C@@H]2O[C@@](COP3(=S)OCc4ccccc4O3)(C(F)F)[C@H](O)[C@H]2F)cc1F. The van der Waals surface area contributed by atoms with Crippen LogP contribution < -0.4 is 15.9 Å². The molecule has 0 radical (unpaired) electrons. The van der Waals surface area contributed by atoms with Crippen LogP contribution in [0.15, 0.2) is 35.3 Å². The number of rotatable bonds is 5. The summed E-state index contributed by atoms with van der Waals surface area (Å²) < 4.78 is 78.2. The molecule has 32 heavy (non-hydrogen) atoms. The number of aliphatic hydroxyl groups excluding tert-OH is 1. The summed E-state index contributed by atoms with van der Waals surface area (Å²) in [5.74, 6) is -1.65. The second kappa shape index (κ2) is 8.36. The van der Waals surface area contributed by atoms with Gasteiger partial charge in [0.15, 0.2) is 29.6 Å². The number of hydrogen-bond acceptors (Lipinski definition) is 9. The van der Waals surface area contributed by atoms with Crippen molar-refractivity contribution in [1.82, 2.24) is 9.55 Å². The quantitative estimate of drug-likeness (QED) is 0.473. The number of ether oxygens (including phenoxy) is 1. The van der Waals surface area contributed by atoms with Gasteiger partial charge >= 0.3 is 12.4 Å². The van der Waals surface area contributed by atoms with Gasteiger partial charge in [0.25, 0.3) is 6.43 Å². The molecule has 3 N–H and O–H groups in total. The molecule has 2 aromatic rings. The number of benzene rings is 1. The summed E-state index contributed by atoms with van der Waals surface area (Å²) in [7, 11) is 0. The van der Waals surface area contributed by atoms with Gasteiger partial charge in [0, 0.05) is 17.4 Å². The number of para-hydroxylation sites is 1. The van der Waals surface area contributed by atoms with E-state index in [1.54, 1.807) is 24.3 Å². The Hall–Kier alpha value is -2.09. The Balaban J connectivity index is 1.59. The molecule has 4 rings (SSSR count). The molecule has 0 spiro atoms. The number of nitrogens with zero attached hydrogens (tertiary/aromatic N) is 2. The zero-order valence-corrected chi connectivity index (χ0v) is 17.6. The average molecular weight is 497 g/mol. The molecule has 15 heteroatoms. The van der Waals surface area contributed by atoms with Gasteiger partial charge in [0.2, 0.25) is 0 Å². The molecular formula is C17H16F4N3O6PS. The van der Waals surface area contributed by atoms with E-state index in [4.69, 9.17) is 35.8 Å². The van der Waals surface area contributed by atoms with Crippen molar-refractivity contribution < 1.29 is 41.0 Å². The summed E-state index contributed by atoms with van der Waals surface area (Å²) in [6, 6.07) is 6.67. The van der Waals surface area contributed by atoms with Gasteiger partial charge in [-0.3, -0.25) is 13.6 Å². The van der Waals surface area contributed by atoms with Gasteiger partial charge in [-0.25, -0.2) is 22.4 Å². The number of nitrogen functional groups attached to an aromatic ring is 1. The Kier molecular flexibility index (Phi) is 6.03. The zero-order valence-electron chi connectivity index (χ0n) is 15.9. The molecule has 9 nitrogen and oxygen atoms in total. The lowest BCUT2D eigenvalue weighted by Crippen LogP contribution is -2.52. The molecule has 1 unspecified atom stereocenters. The Labute approximate surface area is 182 Å². The summed E-state index contributed by atoms with van der Waals surface area (Å²) in [6.45, 7) is -4.77. The minimum absolute atomic E-state index is 0.0152. The number of hydrogen-bond donors (Lipinski definition) is 2. The summed E-state index contributed by atoms with van der Waals surface area (Å²) in [5, 5.41) is 10.3. The van der Waals surface area contributed by atoms with Crippen molar-refractivity contribution in [2.24, 2.45) is 0 Å². The van der Waals surface area contributed by atoms with Gasteiger partial charge in [-0.05, 0) is 6.07 Å². The molecule has 2 aliphatic rings. The monoisotopic (exact) mass is 497 g/mol. The van der Waals surface area contributed by atoms with E-state index in [0.717, 1.165) is 0 Å². The number of anilines is 1. The van der Waals surface area contributed by atoms with Crippen LogP contribution in [0.1, 0.15) is 11.8 Å². The van der Waals surface area contributed by atoms with Crippen LogP contribution >= 0.6 is 6.72 Å². The van der Waals surface area contributed by atoms with Crippen LogP contribution in [-0.4, -0.2) is 45.6 Å². The predicted molar refractivity (Wildman–Crippen MR) is 105 cm³/mol. The lowest BCUT2D eigenvalue weighted by atomic mass is 9.97. The van der Waals surface area contributed by atoms with Crippen molar-refractivity contribution >= 4 is 24.3 Å². The Morgan fingerprint density at radius 1 is 1.44 bits per heavy atom. The highest BCUT2D eigenvalue weighted by Crippen LogP contribution is 2.56. The van der Waals surface area contributed by atoms with E-state index >= 15 is 0 Å². The third-order valence-corrected chi connectivity index (χ3v) is 7.17. The van der Waals surface area contributed by atoms with Gasteiger partial charge in [-0.15, -0.1) is 0 Å². The van der Waals surface area contributed by atoms with Crippen LogP contribution in [0.3, 0.4) is 0 Å². The average Bonchev–Trinajstić information content (AvgIpc) is 3.01. The van der Waals surface area contributed by atoms with Crippen LogP contribution in [0.25, 0.3) is 0 Å². The third-order valence-electron chi connectivity index (χ3n) is 5.00. The maximum atomic E-state index is 14.8. The largest absolute Gasteiger partial charge is 0.424 e. The topological polar surface area (TPSA) is 118 Å². The Morgan fingerprint density at radius 2 is 2.16 bits per heavy atom. The van der Waals surface area contributed by atoms with Crippen molar-refractivity contribution in [3.05, 3.63) is 52.3 Å². The minimum atomic E-state index is -3.61. The van der Waals surface area contributed by atoms with Crippen LogP contribution in [-0.2, 0) is 32.2 Å². The normalized spacial score (nSPS) is 32.0. The fraction of sp³-hybridized carbons (Fsp3) is 0.412. The Morgan fingerprint density at radius 3 is 2.88 bits per heavy atom. The number of nitrogens with two attached hydrogens (primary N) is 1. The summed E-state index contributed by atoms with van der Waals surface area (Å²) in [6.07, 6.45) is -10.2. The second-order valence-electron chi connectivity index (χ2n) is 7.01. The fourth-order valence-corrected chi connectivity index (χ4v) is 5.06. The maximum Gasteiger partial charge on any atom is 0.381 e. The highest BCUT2D eigenvalue weighted by molar-refractivity contribution is 8.07. The standard InChI is InChI=1S/C17H16F4N3O6PS/c18-9-5-24(16(26)23-13(9)22)14-11(19)12(25)17(29-14,15(20)21)7-28-31(32)27-6-8-3-1-2-4-10(8)30-31/h1-5,11-12,14-15,25H,6-7H2,(H2,22,23,26)/t11-,12-,14-,17-,31?/m1/s1. The predicted octanol–water partition coefficient (Wildman–Crippen LogP) is 2.05. The summed E-state index contributed by atoms with van der Waals surface area (Å²) in [5.41, 5.74) is 1.60. The molecule has 1 aromatic heterocycles. The van der Waals surface area contributed by atoms with Crippen LogP contribution in [0.4, 0.5) is 23.4 Å². The van der Waals surface area contributed by atoms with Gasteiger partial charge < -0.3 is 20.1 Å². The van der Waals surface area contributed by atoms with Gasteiger partial charge in [-0.2, -0.15) is 4.98 Å². The van der Waals surface area contributed by atoms with E-state index < -0.39 is 61.2 Å². The van der Waals surface area contributed by atoms with Crippen LogP contribution in [0.2, 0.25) is 0 Å². The summed E-state index contributed by atoms with van der Waals surface area (Å²) in [4.78, 5) is 15.1. The van der Waals surface area contributed by atoms with E-state index in [0.29, 0.717) is 17.5 Å². The molecule has 0 bridgehead atoms. The second-order valence-corrected chi connectivity index (χ2v) is 9.95. The van der Waals surface area contributed by atoms with Crippen molar-refractivity contribution in [3.63, 3.8) is 0 Å². The van der Waals surface area contributed by atoms with Crippen molar-refractivity contribution in [1.29, 1.82) is 0 Å². The first-order chi connectivity index (χ1) is 15.1. The van der Waals surface area contributed by atoms with E-state index in [9.17, 15) is 27.5 Å². The molecule has 1 fully saturated rings. The van der Waals surface area contributed by atoms with E-state index in [2.05, 4.69) is 4.98 Å². The molecule has 3 heterocycles. The first-order valence-electron chi connectivity index (χ1n) is 9.05. The van der Waals surface area contributed by atoms with Crippen molar-refractivity contribution in [3.8, 4) is 5.75 Å².